The minimum Gasteiger partial charge on any atom is -0.444 e. The number of rotatable bonds is 11. The predicted molar refractivity (Wildman–Crippen MR) is 140 cm³/mol. The minimum atomic E-state index is -1.06. The number of pyridine rings is 1. The van der Waals surface area contributed by atoms with Crippen molar-refractivity contribution in [3.05, 3.63) is 66.0 Å². The van der Waals surface area contributed by atoms with Gasteiger partial charge < -0.3 is 25.4 Å². The van der Waals surface area contributed by atoms with Crippen molar-refractivity contribution >= 4 is 23.7 Å². The molecule has 38 heavy (non-hydrogen) atoms. The zero-order valence-electron chi connectivity index (χ0n) is 22.4. The molecule has 3 amide bonds. The highest BCUT2D eigenvalue weighted by molar-refractivity contribution is 5.98. The highest BCUT2D eigenvalue weighted by Gasteiger charge is 2.50. The molecule has 1 aromatic heterocycles. The van der Waals surface area contributed by atoms with Crippen molar-refractivity contribution in [3.8, 4) is 0 Å². The van der Waals surface area contributed by atoms with Crippen molar-refractivity contribution < 1.29 is 28.7 Å². The van der Waals surface area contributed by atoms with Crippen molar-refractivity contribution in [1.82, 2.24) is 20.9 Å². The molecule has 1 unspecified atom stereocenters. The summed E-state index contributed by atoms with van der Waals surface area (Å²) >= 11 is 0. The molecule has 2 heterocycles. The van der Waals surface area contributed by atoms with E-state index in [9.17, 15) is 19.2 Å². The summed E-state index contributed by atoms with van der Waals surface area (Å²) in [5.74, 6) is -1.38. The van der Waals surface area contributed by atoms with E-state index >= 15 is 0 Å². The molecule has 3 rings (SSSR count). The zero-order chi connectivity index (χ0) is 27.9. The van der Waals surface area contributed by atoms with E-state index in [-0.39, 0.29) is 25.2 Å². The van der Waals surface area contributed by atoms with E-state index < -0.39 is 47.2 Å². The van der Waals surface area contributed by atoms with Gasteiger partial charge in [-0.3, -0.25) is 19.4 Å². The van der Waals surface area contributed by atoms with E-state index in [0.29, 0.717) is 5.69 Å². The number of alkyl carbamates (subject to hydrolysis) is 1. The normalized spacial score (nSPS) is 18.9. The quantitative estimate of drug-likeness (QED) is 0.383. The van der Waals surface area contributed by atoms with Gasteiger partial charge in [-0.1, -0.05) is 36.4 Å². The summed E-state index contributed by atoms with van der Waals surface area (Å²) in [6.45, 7) is 8.61. The van der Waals surface area contributed by atoms with E-state index in [4.69, 9.17) is 9.47 Å². The molecule has 4 atom stereocenters. The number of aromatic nitrogens is 1. The fraction of sp³-hybridized carbons (Fsp3) is 0.464. The first-order valence-corrected chi connectivity index (χ1v) is 12.6. The van der Waals surface area contributed by atoms with Crippen LogP contribution in [0, 0.1) is 0 Å². The molecule has 10 heteroatoms. The number of benzene rings is 1. The van der Waals surface area contributed by atoms with Gasteiger partial charge in [0.1, 0.15) is 23.3 Å². The van der Waals surface area contributed by atoms with E-state index in [1.54, 1.807) is 52.1 Å². The maximum absolute atomic E-state index is 13.5. The number of nitrogens with zero attached hydrogens (tertiary/aromatic N) is 1. The Kier molecular flexibility index (Phi) is 9.22. The largest absolute Gasteiger partial charge is 0.444 e. The third kappa shape index (κ3) is 8.65. The predicted octanol–water partition coefficient (Wildman–Crippen LogP) is 2.11. The smallest absolute Gasteiger partial charge is 0.408 e. The van der Waals surface area contributed by atoms with Crippen LogP contribution in [-0.4, -0.2) is 64.6 Å². The Morgan fingerprint density at radius 1 is 0.947 bits per heavy atom. The van der Waals surface area contributed by atoms with E-state index in [2.05, 4.69) is 20.9 Å². The summed E-state index contributed by atoms with van der Waals surface area (Å²) in [4.78, 5) is 56.1. The van der Waals surface area contributed by atoms with E-state index in [1.165, 1.54) is 6.92 Å². The lowest BCUT2D eigenvalue weighted by Crippen LogP contribution is -2.57. The Hall–Kier alpha value is -3.79. The number of Topliss-reactive ketones (excluding diaryl/α,β-unsaturated/α-hetero) is 1. The van der Waals surface area contributed by atoms with Crippen molar-refractivity contribution in [3.63, 3.8) is 0 Å². The molecule has 1 aliphatic rings. The van der Waals surface area contributed by atoms with E-state index in [0.717, 1.165) is 5.56 Å². The number of epoxide rings is 1. The maximum Gasteiger partial charge on any atom is 0.408 e. The Morgan fingerprint density at radius 3 is 2.16 bits per heavy atom. The fourth-order valence-corrected chi connectivity index (χ4v) is 3.73. The first-order valence-electron chi connectivity index (χ1n) is 12.6. The highest BCUT2D eigenvalue weighted by atomic mass is 16.6. The summed E-state index contributed by atoms with van der Waals surface area (Å²) in [6, 6.07) is 11.7. The molecule has 2 aromatic rings. The fourth-order valence-electron chi connectivity index (χ4n) is 3.73. The van der Waals surface area contributed by atoms with Crippen LogP contribution in [-0.2, 0) is 36.7 Å². The molecule has 0 spiro atoms. The van der Waals surface area contributed by atoms with Gasteiger partial charge in [-0.15, -0.1) is 0 Å². The molecule has 0 aliphatic carbocycles. The molecule has 3 N–H and O–H groups in total. The monoisotopic (exact) mass is 524 g/mol. The highest BCUT2D eigenvalue weighted by Crippen LogP contribution is 2.29. The number of ketones is 1. The number of nitrogens with one attached hydrogen (secondary N) is 3. The Balaban J connectivity index is 1.76. The standard InChI is InChI=1S/C28H36N4O6/c1-18(30-26(36)38-27(2,3)4)24(34)32-22(16-20-13-9-10-14-29-20)25(35)31-21(23(33)28(5)17-37-28)15-19-11-7-6-8-12-19/h6-14,18,21-22H,15-17H2,1-5H3,(H,30,36)(H,31,35)(H,32,34)/t18-,21-,22-,28?/m0/s1. The molecule has 1 saturated heterocycles. The molecule has 10 nitrogen and oxygen atoms in total. The number of amides is 3. The van der Waals surface area contributed by atoms with E-state index in [1.807, 2.05) is 30.3 Å². The summed E-state index contributed by atoms with van der Waals surface area (Å²) < 4.78 is 10.6. The third-order valence-electron chi connectivity index (χ3n) is 5.91. The lowest BCUT2D eigenvalue weighted by molar-refractivity contribution is -0.133. The van der Waals surface area contributed by atoms with Crippen LogP contribution in [0.4, 0.5) is 4.79 Å². The Bertz CT molecular complexity index is 1130. The molecule has 0 bridgehead atoms. The molecular formula is C28H36N4O6. The number of carbonyl (C=O) groups is 4. The lowest BCUT2D eigenvalue weighted by Gasteiger charge is -2.25. The maximum atomic E-state index is 13.5. The first-order chi connectivity index (χ1) is 17.9. The van der Waals surface area contributed by atoms with Crippen LogP contribution >= 0.6 is 0 Å². The van der Waals surface area contributed by atoms with Crippen molar-refractivity contribution in [2.24, 2.45) is 0 Å². The second-order valence-electron chi connectivity index (χ2n) is 10.6. The number of carbonyl (C=O) groups excluding carboxylic acids is 4. The van der Waals surface area contributed by atoms with Crippen LogP contribution in [0.3, 0.4) is 0 Å². The second kappa shape index (κ2) is 12.2. The van der Waals surface area contributed by atoms with Gasteiger partial charge >= 0.3 is 6.09 Å². The minimum absolute atomic E-state index is 0.0809. The van der Waals surface area contributed by atoms with Gasteiger partial charge in [-0.2, -0.15) is 0 Å². The molecule has 1 aromatic carbocycles. The molecular weight excluding hydrogens is 488 g/mol. The zero-order valence-corrected chi connectivity index (χ0v) is 22.4. The average Bonchev–Trinajstić information content (AvgIpc) is 3.61. The molecule has 1 fully saturated rings. The Morgan fingerprint density at radius 2 is 1.58 bits per heavy atom. The van der Waals surface area contributed by atoms with Crippen LogP contribution in [0.15, 0.2) is 54.7 Å². The summed E-state index contributed by atoms with van der Waals surface area (Å²) in [7, 11) is 0. The van der Waals surface area contributed by atoms with Crippen molar-refractivity contribution in [1.29, 1.82) is 0 Å². The van der Waals surface area contributed by atoms with Crippen molar-refractivity contribution in [2.75, 3.05) is 6.61 Å². The van der Waals surface area contributed by atoms with Crippen LogP contribution < -0.4 is 16.0 Å². The first kappa shape index (κ1) is 28.8. The van der Waals surface area contributed by atoms with Gasteiger partial charge in [0.2, 0.25) is 11.8 Å². The summed E-state index contributed by atoms with van der Waals surface area (Å²) in [5, 5.41) is 7.99. The van der Waals surface area contributed by atoms with Crippen LogP contribution in [0.5, 0.6) is 0 Å². The topological polar surface area (TPSA) is 139 Å². The Labute approximate surface area is 222 Å². The third-order valence-corrected chi connectivity index (χ3v) is 5.91. The molecule has 1 aliphatic heterocycles. The summed E-state index contributed by atoms with van der Waals surface area (Å²) in [6.07, 6.45) is 1.19. The molecule has 0 radical (unpaired) electrons. The van der Waals surface area contributed by atoms with Gasteiger partial charge in [0.05, 0.1) is 12.6 Å². The van der Waals surface area contributed by atoms with Gasteiger partial charge in [-0.25, -0.2) is 4.79 Å². The van der Waals surface area contributed by atoms with Crippen LogP contribution in [0.25, 0.3) is 0 Å². The number of hydrogen-bond acceptors (Lipinski definition) is 7. The van der Waals surface area contributed by atoms with Gasteiger partial charge in [-0.05, 0) is 58.7 Å². The van der Waals surface area contributed by atoms with Gasteiger partial charge in [0.15, 0.2) is 5.78 Å². The summed E-state index contributed by atoms with van der Waals surface area (Å²) in [5.41, 5.74) is -0.234. The van der Waals surface area contributed by atoms with Gasteiger partial charge in [0, 0.05) is 18.3 Å². The lowest BCUT2D eigenvalue weighted by atomic mass is 9.94. The van der Waals surface area contributed by atoms with Crippen LogP contribution in [0.2, 0.25) is 0 Å². The molecule has 204 valence electrons. The van der Waals surface area contributed by atoms with Gasteiger partial charge in [0.25, 0.3) is 0 Å². The average molecular weight is 525 g/mol. The second-order valence-corrected chi connectivity index (χ2v) is 10.6. The van der Waals surface area contributed by atoms with Crippen molar-refractivity contribution in [2.45, 2.75) is 76.8 Å². The number of hydrogen-bond donors (Lipinski definition) is 3. The molecule has 0 saturated carbocycles. The number of ether oxygens (including phenoxy) is 2. The SMILES string of the molecule is C[C@H](NC(=O)OC(C)(C)C)C(=O)N[C@@H](Cc1ccccn1)C(=O)N[C@@H](Cc1ccccc1)C(=O)C1(C)CO1. The van der Waals surface area contributed by atoms with Crippen LogP contribution in [0.1, 0.15) is 45.9 Å².